The van der Waals surface area contributed by atoms with Crippen molar-refractivity contribution in [2.75, 3.05) is 11.9 Å². The van der Waals surface area contributed by atoms with Crippen LogP contribution in [0.2, 0.25) is 0 Å². The van der Waals surface area contributed by atoms with Crippen LogP contribution >= 0.6 is 11.3 Å². The number of nitrogens with one attached hydrogen (secondary N) is 1. The molecule has 26 heavy (non-hydrogen) atoms. The maximum Gasteiger partial charge on any atom is 0.258 e. The number of anilines is 1. The molecule has 0 bridgehead atoms. The molecule has 5 heteroatoms. The molecule has 4 rings (SSSR count). The molecule has 2 heterocycles. The lowest BCUT2D eigenvalue weighted by Crippen LogP contribution is -2.36. The Bertz CT molecular complexity index is 915. The van der Waals surface area contributed by atoms with Crippen LogP contribution in [0.4, 0.5) is 5.13 Å². The highest BCUT2D eigenvalue weighted by Gasteiger charge is 2.19. The van der Waals surface area contributed by atoms with E-state index in [2.05, 4.69) is 22.1 Å². The highest BCUT2D eigenvalue weighted by molar-refractivity contribution is 7.15. The van der Waals surface area contributed by atoms with Crippen molar-refractivity contribution in [3.8, 4) is 0 Å². The van der Waals surface area contributed by atoms with Crippen LogP contribution in [0.15, 0.2) is 48.7 Å². The Morgan fingerprint density at radius 1 is 1.23 bits per heavy atom. The molecule has 0 radical (unpaired) electrons. The van der Waals surface area contributed by atoms with E-state index in [4.69, 9.17) is 0 Å². The van der Waals surface area contributed by atoms with Crippen molar-refractivity contribution in [1.82, 2.24) is 9.88 Å². The number of fused-ring (bicyclic) bond motifs is 1. The van der Waals surface area contributed by atoms with Crippen LogP contribution in [0.3, 0.4) is 0 Å². The fraction of sp³-hybridized carbons (Fsp3) is 0.333. The van der Waals surface area contributed by atoms with Gasteiger partial charge in [-0.3, -0.25) is 15.0 Å². The normalized spacial score (nSPS) is 18.1. The van der Waals surface area contributed by atoms with E-state index in [0.717, 1.165) is 23.9 Å². The van der Waals surface area contributed by atoms with Crippen molar-refractivity contribution < 1.29 is 4.79 Å². The molecular formula is C21H23N3OS. The third-order valence-corrected chi connectivity index (χ3v) is 6.01. The molecule has 1 aliphatic rings. The first-order chi connectivity index (χ1) is 12.7. The summed E-state index contributed by atoms with van der Waals surface area (Å²) in [7, 11) is 0. The molecule has 134 valence electrons. The zero-order valence-electron chi connectivity index (χ0n) is 14.9. The van der Waals surface area contributed by atoms with Gasteiger partial charge < -0.3 is 0 Å². The fourth-order valence-electron chi connectivity index (χ4n) is 3.62. The number of thiazole rings is 1. The highest BCUT2D eigenvalue weighted by Crippen LogP contribution is 2.25. The number of hydrogen-bond acceptors (Lipinski definition) is 4. The maximum absolute atomic E-state index is 12.7. The number of rotatable bonds is 4. The van der Waals surface area contributed by atoms with Crippen molar-refractivity contribution in [3.05, 3.63) is 59.1 Å². The van der Waals surface area contributed by atoms with Gasteiger partial charge in [-0.15, -0.1) is 11.3 Å². The van der Waals surface area contributed by atoms with E-state index in [1.165, 1.54) is 24.1 Å². The van der Waals surface area contributed by atoms with Crippen molar-refractivity contribution in [1.29, 1.82) is 0 Å². The molecule has 1 aliphatic heterocycles. The number of hydrogen-bond donors (Lipinski definition) is 1. The predicted molar refractivity (Wildman–Crippen MR) is 108 cm³/mol. The summed E-state index contributed by atoms with van der Waals surface area (Å²) < 4.78 is 0. The summed E-state index contributed by atoms with van der Waals surface area (Å²) in [6, 6.07) is 14.4. The van der Waals surface area contributed by atoms with Crippen LogP contribution in [-0.2, 0) is 6.54 Å². The summed E-state index contributed by atoms with van der Waals surface area (Å²) >= 11 is 1.57. The zero-order valence-corrected chi connectivity index (χ0v) is 15.8. The molecule has 2 aromatic carbocycles. The van der Waals surface area contributed by atoms with E-state index in [0.29, 0.717) is 16.7 Å². The summed E-state index contributed by atoms with van der Waals surface area (Å²) in [6.45, 7) is 4.36. The molecule has 0 saturated carbocycles. The predicted octanol–water partition coefficient (Wildman–Crippen LogP) is 4.92. The molecule has 1 fully saturated rings. The summed E-state index contributed by atoms with van der Waals surface area (Å²) in [5, 5.41) is 5.67. The minimum atomic E-state index is -0.103. The number of aromatic nitrogens is 1. The summed E-state index contributed by atoms with van der Waals surface area (Å²) in [5.74, 6) is -0.103. The second-order valence-corrected chi connectivity index (χ2v) is 8.04. The molecule has 3 aromatic rings. The Hall–Kier alpha value is -2.24. The van der Waals surface area contributed by atoms with Gasteiger partial charge in [-0.25, -0.2) is 4.98 Å². The summed E-state index contributed by atoms with van der Waals surface area (Å²) in [4.78, 5) is 20.8. The number of carbonyl (C=O) groups excluding carboxylic acids is 1. The number of amides is 1. The summed E-state index contributed by atoms with van der Waals surface area (Å²) in [5.41, 5.74) is 0.685. The monoisotopic (exact) mass is 365 g/mol. The lowest BCUT2D eigenvalue weighted by Gasteiger charge is -2.32. The Morgan fingerprint density at radius 2 is 2.08 bits per heavy atom. The van der Waals surface area contributed by atoms with Crippen molar-refractivity contribution >= 4 is 33.1 Å². The molecule has 4 nitrogen and oxygen atoms in total. The van der Waals surface area contributed by atoms with Gasteiger partial charge in [-0.1, -0.05) is 42.8 Å². The zero-order chi connectivity index (χ0) is 17.9. The second-order valence-electron chi connectivity index (χ2n) is 6.93. The van der Waals surface area contributed by atoms with E-state index in [1.54, 1.807) is 11.3 Å². The molecule has 0 spiro atoms. The van der Waals surface area contributed by atoms with Gasteiger partial charge in [0.1, 0.15) is 0 Å². The van der Waals surface area contributed by atoms with Gasteiger partial charge in [-0.2, -0.15) is 0 Å². The lowest BCUT2D eigenvalue weighted by molar-refractivity contribution is 0.102. The van der Waals surface area contributed by atoms with Gasteiger partial charge in [0.05, 0.1) is 0 Å². The Labute approximate surface area is 157 Å². The fourth-order valence-corrected chi connectivity index (χ4v) is 4.45. The van der Waals surface area contributed by atoms with Crippen LogP contribution in [0.1, 0.15) is 41.4 Å². The van der Waals surface area contributed by atoms with E-state index in [-0.39, 0.29) is 5.91 Å². The largest absolute Gasteiger partial charge is 0.298 e. The van der Waals surface area contributed by atoms with E-state index < -0.39 is 0 Å². The van der Waals surface area contributed by atoms with Crippen LogP contribution in [0.25, 0.3) is 10.8 Å². The first-order valence-corrected chi connectivity index (χ1v) is 10.0. The van der Waals surface area contributed by atoms with Crippen LogP contribution in [0.5, 0.6) is 0 Å². The molecule has 1 atom stereocenters. The van der Waals surface area contributed by atoms with Crippen molar-refractivity contribution in [2.24, 2.45) is 0 Å². The van der Waals surface area contributed by atoms with Gasteiger partial charge in [0, 0.05) is 29.2 Å². The minimum Gasteiger partial charge on any atom is -0.298 e. The lowest BCUT2D eigenvalue weighted by atomic mass is 10.0. The third kappa shape index (κ3) is 3.64. The van der Waals surface area contributed by atoms with Crippen molar-refractivity contribution in [2.45, 2.75) is 38.8 Å². The molecule has 1 unspecified atom stereocenters. The first-order valence-electron chi connectivity index (χ1n) is 9.18. The maximum atomic E-state index is 12.7. The van der Waals surface area contributed by atoms with Crippen LogP contribution in [-0.4, -0.2) is 28.4 Å². The van der Waals surface area contributed by atoms with E-state index in [9.17, 15) is 4.79 Å². The van der Waals surface area contributed by atoms with E-state index in [1.807, 2.05) is 48.7 Å². The number of carbonyl (C=O) groups is 1. The minimum absolute atomic E-state index is 0.103. The van der Waals surface area contributed by atoms with Crippen LogP contribution < -0.4 is 5.32 Å². The standard InChI is InChI=1S/C21H23N3OS/c1-15-7-4-5-12-24(15)14-17-13-22-21(26-17)23-20(25)19-11-6-9-16-8-2-3-10-18(16)19/h2-3,6,8-11,13,15H,4-5,7,12,14H2,1H3,(H,22,23,25). The third-order valence-electron chi connectivity index (χ3n) is 5.11. The quantitative estimate of drug-likeness (QED) is 0.713. The molecule has 1 aromatic heterocycles. The Balaban J connectivity index is 1.47. The first kappa shape index (κ1) is 17.2. The molecule has 1 N–H and O–H groups in total. The average Bonchev–Trinajstić information content (AvgIpc) is 3.10. The smallest absolute Gasteiger partial charge is 0.258 e. The van der Waals surface area contributed by atoms with Crippen molar-refractivity contribution in [3.63, 3.8) is 0 Å². The number of benzene rings is 2. The molecular weight excluding hydrogens is 342 g/mol. The van der Waals surface area contributed by atoms with E-state index >= 15 is 0 Å². The Kier molecular flexibility index (Phi) is 5.00. The van der Waals surface area contributed by atoms with Gasteiger partial charge in [0.2, 0.25) is 0 Å². The number of nitrogens with zero attached hydrogens (tertiary/aromatic N) is 2. The van der Waals surface area contributed by atoms with Crippen LogP contribution in [0, 0.1) is 0 Å². The topological polar surface area (TPSA) is 45.2 Å². The highest BCUT2D eigenvalue weighted by atomic mass is 32.1. The van der Waals surface area contributed by atoms with Gasteiger partial charge in [0.15, 0.2) is 5.13 Å². The SMILES string of the molecule is CC1CCCCN1Cc1cnc(NC(=O)c2cccc3ccccc23)s1. The number of likely N-dealkylation sites (tertiary alicyclic amines) is 1. The molecule has 1 saturated heterocycles. The molecule has 0 aliphatic carbocycles. The average molecular weight is 366 g/mol. The van der Waals surface area contributed by atoms with Gasteiger partial charge in [-0.05, 0) is 43.1 Å². The Morgan fingerprint density at radius 3 is 2.96 bits per heavy atom. The summed E-state index contributed by atoms with van der Waals surface area (Å²) in [6.07, 6.45) is 5.76. The second kappa shape index (κ2) is 7.56. The molecule has 1 amide bonds. The number of piperidine rings is 1. The van der Waals surface area contributed by atoms with Gasteiger partial charge in [0.25, 0.3) is 5.91 Å². The van der Waals surface area contributed by atoms with Gasteiger partial charge >= 0.3 is 0 Å².